The molecule has 3 heterocycles. The summed E-state index contributed by atoms with van der Waals surface area (Å²) in [5.74, 6) is 0.530. The van der Waals surface area contributed by atoms with Crippen molar-refractivity contribution >= 4 is 5.91 Å². The van der Waals surface area contributed by atoms with Crippen LogP contribution in [0.1, 0.15) is 48.6 Å². The van der Waals surface area contributed by atoms with Gasteiger partial charge in [0.05, 0.1) is 6.54 Å². The van der Waals surface area contributed by atoms with Gasteiger partial charge in [-0.2, -0.15) is 0 Å². The molecule has 5 heteroatoms. The van der Waals surface area contributed by atoms with Crippen LogP contribution in [-0.2, 0) is 11.2 Å². The third-order valence-electron chi connectivity index (χ3n) is 5.95. The van der Waals surface area contributed by atoms with Crippen molar-refractivity contribution < 1.29 is 9.18 Å². The predicted octanol–water partition coefficient (Wildman–Crippen LogP) is 3.61. The highest BCUT2D eigenvalue weighted by Gasteiger charge is 2.25. The molecule has 28 heavy (non-hydrogen) atoms. The van der Waals surface area contributed by atoms with Crippen molar-refractivity contribution in [1.82, 2.24) is 14.8 Å². The number of nitrogens with zero attached hydrogens (tertiary/aromatic N) is 3. The monoisotopic (exact) mass is 381 g/mol. The third-order valence-corrected chi connectivity index (χ3v) is 5.95. The Labute approximate surface area is 166 Å². The van der Waals surface area contributed by atoms with E-state index in [1.807, 2.05) is 23.1 Å². The van der Waals surface area contributed by atoms with Crippen molar-refractivity contribution in [3.63, 3.8) is 0 Å². The van der Waals surface area contributed by atoms with Gasteiger partial charge in [-0.1, -0.05) is 18.2 Å². The summed E-state index contributed by atoms with van der Waals surface area (Å²) in [6, 6.07) is 12.9. The minimum absolute atomic E-state index is 0.208. The fourth-order valence-corrected chi connectivity index (χ4v) is 4.28. The number of carbonyl (C=O) groups excluding carboxylic acids is 1. The number of likely N-dealkylation sites (tertiary alicyclic amines) is 2. The van der Waals surface area contributed by atoms with Gasteiger partial charge in [-0.3, -0.25) is 14.7 Å². The third kappa shape index (κ3) is 4.76. The fraction of sp³-hybridized carbons (Fsp3) is 0.478. The number of carbonyl (C=O) groups is 1. The topological polar surface area (TPSA) is 36.4 Å². The van der Waals surface area contributed by atoms with E-state index < -0.39 is 0 Å². The molecule has 0 spiro atoms. The number of amides is 1. The molecule has 4 rings (SSSR count). The molecular weight excluding hydrogens is 353 g/mol. The molecule has 2 saturated heterocycles. The van der Waals surface area contributed by atoms with Crippen LogP contribution in [0.3, 0.4) is 0 Å². The van der Waals surface area contributed by atoms with Crippen molar-refractivity contribution in [3.8, 4) is 0 Å². The lowest BCUT2D eigenvalue weighted by Gasteiger charge is -2.32. The van der Waals surface area contributed by atoms with E-state index in [-0.39, 0.29) is 11.7 Å². The Morgan fingerprint density at radius 2 is 1.71 bits per heavy atom. The quantitative estimate of drug-likeness (QED) is 0.794. The van der Waals surface area contributed by atoms with Gasteiger partial charge >= 0.3 is 0 Å². The van der Waals surface area contributed by atoms with Crippen LogP contribution in [0, 0.1) is 5.82 Å². The Bertz CT molecular complexity index is 794. The standard InChI is InChI=1S/C23H28FN3O/c24-20-8-6-18(7-9-20)16-21-4-3-5-22(25-21)19-10-14-26(15-11-19)17-23(28)27-12-1-2-13-27/h3-9,19H,1-2,10-17H2. The maximum atomic E-state index is 13.1. The summed E-state index contributed by atoms with van der Waals surface area (Å²) in [7, 11) is 0. The van der Waals surface area contributed by atoms with Crippen LogP contribution >= 0.6 is 0 Å². The summed E-state index contributed by atoms with van der Waals surface area (Å²) < 4.78 is 13.1. The summed E-state index contributed by atoms with van der Waals surface area (Å²) in [5, 5.41) is 0. The van der Waals surface area contributed by atoms with Crippen molar-refractivity contribution in [2.75, 3.05) is 32.7 Å². The normalized spacial score (nSPS) is 18.5. The van der Waals surface area contributed by atoms with Gasteiger partial charge in [-0.15, -0.1) is 0 Å². The Morgan fingerprint density at radius 1 is 1.00 bits per heavy atom. The zero-order valence-electron chi connectivity index (χ0n) is 16.3. The first-order valence-corrected chi connectivity index (χ1v) is 10.4. The van der Waals surface area contributed by atoms with Crippen LogP contribution < -0.4 is 0 Å². The summed E-state index contributed by atoms with van der Waals surface area (Å²) in [4.78, 5) is 21.5. The van der Waals surface area contributed by atoms with E-state index in [1.165, 1.54) is 12.1 Å². The molecule has 2 aliphatic heterocycles. The molecule has 0 N–H and O–H groups in total. The predicted molar refractivity (Wildman–Crippen MR) is 108 cm³/mol. The van der Waals surface area contributed by atoms with Crippen LogP contribution in [0.2, 0.25) is 0 Å². The van der Waals surface area contributed by atoms with Gasteiger partial charge in [-0.25, -0.2) is 4.39 Å². The van der Waals surface area contributed by atoms with Crippen molar-refractivity contribution in [3.05, 3.63) is 65.2 Å². The number of hydrogen-bond donors (Lipinski definition) is 0. The molecule has 1 aromatic heterocycles. The largest absolute Gasteiger partial charge is 0.342 e. The number of hydrogen-bond acceptors (Lipinski definition) is 3. The zero-order valence-corrected chi connectivity index (χ0v) is 16.3. The molecule has 2 fully saturated rings. The molecule has 2 aliphatic rings. The highest BCUT2D eigenvalue weighted by Crippen LogP contribution is 2.27. The van der Waals surface area contributed by atoms with Gasteiger partial charge in [0.15, 0.2) is 0 Å². The van der Waals surface area contributed by atoms with Crippen LogP contribution in [0.5, 0.6) is 0 Å². The molecule has 4 nitrogen and oxygen atoms in total. The number of piperidine rings is 1. The second kappa shape index (κ2) is 8.82. The molecule has 0 aliphatic carbocycles. The van der Waals surface area contributed by atoms with Crippen LogP contribution in [-0.4, -0.2) is 53.4 Å². The van der Waals surface area contributed by atoms with Crippen molar-refractivity contribution in [2.45, 2.75) is 38.0 Å². The van der Waals surface area contributed by atoms with E-state index >= 15 is 0 Å². The van der Waals surface area contributed by atoms with E-state index in [4.69, 9.17) is 4.98 Å². The maximum absolute atomic E-state index is 13.1. The maximum Gasteiger partial charge on any atom is 0.236 e. The molecule has 0 radical (unpaired) electrons. The van der Waals surface area contributed by atoms with E-state index in [0.29, 0.717) is 12.5 Å². The molecule has 0 saturated carbocycles. The number of aromatic nitrogens is 1. The summed E-state index contributed by atoms with van der Waals surface area (Å²) in [5.41, 5.74) is 3.24. The molecule has 0 atom stereocenters. The highest BCUT2D eigenvalue weighted by molar-refractivity contribution is 5.78. The molecule has 148 valence electrons. The number of halogens is 1. The van der Waals surface area contributed by atoms with E-state index in [0.717, 1.165) is 75.2 Å². The van der Waals surface area contributed by atoms with Gasteiger partial charge in [0.1, 0.15) is 5.82 Å². The average molecular weight is 381 g/mol. The molecule has 2 aromatic rings. The Hall–Kier alpha value is -2.27. The Balaban J connectivity index is 1.31. The molecule has 1 amide bonds. The number of rotatable bonds is 5. The van der Waals surface area contributed by atoms with E-state index in [9.17, 15) is 9.18 Å². The van der Waals surface area contributed by atoms with Gasteiger partial charge in [0.25, 0.3) is 0 Å². The fourth-order valence-electron chi connectivity index (χ4n) is 4.28. The lowest BCUT2D eigenvalue weighted by Crippen LogP contribution is -2.42. The summed E-state index contributed by atoms with van der Waals surface area (Å²) >= 11 is 0. The average Bonchev–Trinajstić information content (AvgIpc) is 3.26. The van der Waals surface area contributed by atoms with Gasteiger partial charge in [0, 0.05) is 36.8 Å². The first kappa shape index (κ1) is 19.1. The Kier molecular flexibility index (Phi) is 6.01. The second-order valence-electron chi connectivity index (χ2n) is 8.00. The second-order valence-corrected chi connectivity index (χ2v) is 8.00. The minimum Gasteiger partial charge on any atom is -0.342 e. The molecular formula is C23H28FN3O. The van der Waals surface area contributed by atoms with Crippen molar-refractivity contribution in [2.24, 2.45) is 0 Å². The van der Waals surface area contributed by atoms with Crippen LogP contribution in [0.25, 0.3) is 0 Å². The molecule has 0 bridgehead atoms. The smallest absolute Gasteiger partial charge is 0.236 e. The zero-order chi connectivity index (χ0) is 19.3. The first-order valence-electron chi connectivity index (χ1n) is 10.4. The van der Waals surface area contributed by atoms with Crippen LogP contribution in [0.4, 0.5) is 4.39 Å². The highest BCUT2D eigenvalue weighted by atomic mass is 19.1. The first-order chi connectivity index (χ1) is 13.7. The van der Waals surface area contributed by atoms with E-state index in [2.05, 4.69) is 17.0 Å². The van der Waals surface area contributed by atoms with Gasteiger partial charge in [-0.05, 0) is 68.6 Å². The molecule has 0 unspecified atom stereocenters. The Morgan fingerprint density at radius 3 is 2.43 bits per heavy atom. The van der Waals surface area contributed by atoms with E-state index in [1.54, 1.807) is 0 Å². The SMILES string of the molecule is O=C(CN1CCC(c2cccc(Cc3ccc(F)cc3)n2)CC1)N1CCCC1. The number of pyridine rings is 1. The van der Waals surface area contributed by atoms with Gasteiger partial charge < -0.3 is 4.90 Å². The lowest BCUT2D eigenvalue weighted by atomic mass is 9.92. The molecule has 1 aromatic carbocycles. The number of benzene rings is 1. The van der Waals surface area contributed by atoms with Gasteiger partial charge in [0.2, 0.25) is 5.91 Å². The van der Waals surface area contributed by atoms with Crippen LogP contribution in [0.15, 0.2) is 42.5 Å². The minimum atomic E-state index is -0.208. The van der Waals surface area contributed by atoms with Crippen molar-refractivity contribution in [1.29, 1.82) is 0 Å². The lowest BCUT2D eigenvalue weighted by molar-refractivity contribution is -0.131. The summed E-state index contributed by atoms with van der Waals surface area (Å²) in [6.45, 7) is 4.33. The summed E-state index contributed by atoms with van der Waals surface area (Å²) in [6.07, 6.45) is 5.10.